The van der Waals surface area contributed by atoms with Crippen LogP contribution in [0.4, 0.5) is 5.69 Å². The fourth-order valence-electron chi connectivity index (χ4n) is 1.40. The molecule has 1 aromatic carbocycles. The van der Waals surface area contributed by atoms with Crippen molar-refractivity contribution in [1.82, 2.24) is 0 Å². The highest BCUT2D eigenvalue weighted by Crippen LogP contribution is 2.31. The van der Waals surface area contributed by atoms with E-state index in [4.69, 9.17) is 27.3 Å². The number of nitrogens with two attached hydrogens (primary N) is 1. The van der Waals surface area contributed by atoms with Gasteiger partial charge in [0.05, 0.1) is 25.2 Å². The number of nitriles is 1. The first-order valence-electron chi connectivity index (χ1n) is 4.96. The molecule has 0 saturated heterocycles. The Morgan fingerprint density at radius 3 is 2.78 bits per heavy atom. The van der Waals surface area contributed by atoms with E-state index >= 15 is 0 Å². The van der Waals surface area contributed by atoms with E-state index in [9.17, 15) is 0 Å². The van der Waals surface area contributed by atoms with Gasteiger partial charge in [0.15, 0.2) is 5.75 Å². The number of nitrogen functional groups attached to an aromatic ring is 1. The van der Waals surface area contributed by atoms with Crippen molar-refractivity contribution >= 4 is 51.2 Å². The zero-order chi connectivity index (χ0) is 13.1. The summed E-state index contributed by atoms with van der Waals surface area (Å²) < 4.78 is 7.23. The van der Waals surface area contributed by atoms with Gasteiger partial charge in [-0.05, 0) is 46.9 Å². The van der Waals surface area contributed by atoms with Crippen LogP contribution in [0.5, 0.6) is 5.75 Å². The number of anilines is 1. The lowest BCUT2D eigenvalue weighted by molar-refractivity contribution is 0.309. The van der Waals surface area contributed by atoms with Crippen LogP contribution in [0, 0.1) is 14.9 Å². The molecule has 1 aromatic heterocycles. The van der Waals surface area contributed by atoms with Gasteiger partial charge >= 0.3 is 0 Å². The molecule has 0 aliphatic heterocycles. The number of nitrogens with zero attached hydrogens (tertiary/aromatic N) is 1. The van der Waals surface area contributed by atoms with Gasteiger partial charge in [-0.25, -0.2) is 0 Å². The largest absolute Gasteiger partial charge is 0.485 e. The van der Waals surface area contributed by atoms with Crippen molar-refractivity contribution in [2.45, 2.75) is 6.61 Å². The Labute approximate surface area is 127 Å². The van der Waals surface area contributed by atoms with Crippen molar-refractivity contribution < 1.29 is 4.74 Å². The summed E-state index contributed by atoms with van der Waals surface area (Å²) >= 11 is 9.42. The molecule has 1 heterocycles. The second-order valence-corrected chi connectivity index (χ2v) is 6.44. The predicted molar refractivity (Wildman–Crippen MR) is 81.9 cm³/mol. The molecule has 92 valence electrons. The monoisotopic (exact) mass is 390 g/mol. The maximum Gasteiger partial charge on any atom is 0.156 e. The molecule has 18 heavy (non-hydrogen) atoms. The SMILES string of the molecule is N#Cc1cc(N)c(OCc2ccc(Cl)s2)c(I)c1. The Balaban J connectivity index is 2.17. The second-order valence-electron chi connectivity index (χ2n) is 3.48. The maximum absolute atomic E-state index is 8.83. The van der Waals surface area contributed by atoms with E-state index in [0.29, 0.717) is 23.6 Å². The third-order valence-electron chi connectivity index (χ3n) is 2.19. The molecule has 0 bridgehead atoms. The average Bonchev–Trinajstić information content (AvgIpc) is 2.73. The lowest BCUT2D eigenvalue weighted by Gasteiger charge is -2.10. The lowest BCUT2D eigenvalue weighted by Crippen LogP contribution is -2.00. The summed E-state index contributed by atoms with van der Waals surface area (Å²) in [6.45, 7) is 0.420. The minimum atomic E-state index is 0.420. The first kappa shape index (κ1) is 13.5. The van der Waals surface area contributed by atoms with Crippen molar-refractivity contribution in [2.75, 3.05) is 5.73 Å². The molecular formula is C12H8ClIN2OS. The van der Waals surface area contributed by atoms with Gasteiger partial charge in [0.25, 0.3) is 0 Å². The van der Waals surface area contributed by atoms with Crippen molar-refractivity contribution in [1.29, 1.82) is 5.26 Å². The standard InChI is InChI=1S/C12H8ClIN2OS/c13-11-2-1-8(18-11)6-17-12-9(14)3-7(5-15)4-10(12)16/h1-4H,6,16H2. The van der Waals surface area contributed by atoms with Crippen molar-refractivity contribution in [2.24, 2.45) is 0 Å². The summed E-state index contributed by atoms with van der Waals surface area (Å²) in [5.74, 6) is 0.610. The summed E-state index contributed by atoms with van der Waals surface area (Å²) in [6.07, 6.45) is 0. The molecule has 2 rings (SSSR count). The summed E-state index contributed by atoms with van der Waals surface area (Å²) in [7, 11) is 0. The molecule has 0 saturated carbocycles. The fourth-order valence-corrected chi connectivity index (χ4v) is 3.21. The Kier molecular flexibility index (Phi) is 4.32. The quantitative estimate of drug-likeness (QED) is 0.635. The second kappa shape index (κ2) is 5.78. The number of hydrogen-bond acceptors (Lipinski definition) is 4. The maximum atomic E-state index is 8.83. The third-order valence-corrected chi connectivity index (χ3v) is 4.20. The molecule has 2 N–H and O–H groups in total. The number of rotatable bonds is 3. The van der Waals surface area contributed by atoms with Crippen molar-refractivity contribution in [3.8, 4) is 11.8 Å². The first-order valence-corrected chi connectivity index (χ1v) is 7.23. The molecule has 3 nitrogen and oxygen atoms in total. The Hall–Kier alpha value is -0.970. The zero-order valence-corrected chi connectivity index (χ0v) is 12.8. The molecule has 2 aromatic rings. The highest BCUT2D eigenvalue weighted by atomic mass is 127. The van der Waals surface area contributed by atoms with E-state index in [1.54, 1.807) is 12.1 Å². The molecular weight excluding hydrogens is 383 g/mol. The van der Waals surface area contributed by atoms with Crippen LogP contribution in [-0.2, 0) is 6.61 Å². The molecule has 0 atom stereocenters. The molecule has 0 aliphatic rings. The minimum Gasteiger partial charge on any atom is -0.485 e. The summed E-state index contributed by atoms with van der Waals surface area (Å²) in [4.78, 5) is 1.03. The van der Waals surface area contributed by atoms with Gasteiger partial charge in [-0.1, -0.05) is 11.6 Å². The summed E-state index contributed by atoms with van der Waals surface area (Å²) in [5.41, 5.74) is 6.87. The number of ether oxygens (including phenoxy) is 1. The van der Waals surface area contributed by atoms with Crippen LogP contribution in [0.2, 0.25) is 4.34 Å². The van der Waals surface area contributed by atoms with Gasteiger partial charge in [-0.3, -0.25) is 0 Å². The van der Waals surface area contributed by atoms with Crippen LogP contribution in [-0.4, -0.2) is 0 Å². The van der Waals surface area contributed by atoms with E-state index in [1.165, 1.54) is 11.3 Å². The van der Waals surface area contributed by atoms with Gasteiger partial charge in [-0.15, -0.1) is 11.3 Å². The summed E-state index contributed by atoms with van der Waals surface area (Å²) in [5, 5.41) is 8.83. The fraction of sp³-hybridized carbons (Fsp3) is 0.0833. The lowest BCUT2D eigenvalue weighted by atomic mass is 10.2. The van der Waals surface area contributed by atoms with E-state index in [0.717, 1.165) is 12.8 Å². The molecule has 6 heteroatoms. The Morgan fingerprint density at radius 1 is 1.44 bits per heavy atom. The average molecular weight is 391 g/mol. The highest BCUT2D eigenvalue weighted by molar-refractivity contribution is 14.1. The predicted octanol–water partition coefficient (Wildman–Crippen LogP) is 4.04. The molecule has 0 amide bonds. The minimum absolute atomic E-state index is 0.420. The van der Waals surface area contributed by atoms with Gasteiger partial charge < -0.3 is 10.5 Å². The first-order chi connectivity index (χ1) is 8.60. The van der Waals surface area contributed by atoms with Crippen LogP contribution >= 0.6 is 45.5 Å². The van der Waals surface area contributed by atoms with E-state index in [2.05, 4.69) is 28.7 Å². The number of halogens is 2. The van der Waals surface area contributed by atoms with Crippen molar-refractivity contribution in [3.63, 3.8) is 0 Å². The van der Waals surface area contributed by atoms with Crippen LogP contribution in [0.3, 0.4) is 0 Å². The van der Waals surface area contributed by atoms with Crippen LogP contribution in [0.1, 0.15) is 10.4 Å². The zero-order valence-electron chi connectivity index (χ0n) is 9.11. The van der Waals surface area contributed by atoms with Gasteiger partial charge in [0.2, 0.25) is 0 Å². The molecule has 0 radical (unpaired) electrons. The smallest absolute Gasteiger partial charge is 0.156 e. The van der Waals surface area contributed by atoms with E-state index < -0.39 is 0 Å². The molecule has 0 fully saturated rings. The Bertz CT molecular complexity index is 598. The van der Waals surface area contributed by atoms with E-state index in [1.807, 2.05) is 12.1 Å². The molecule has 0 unspecified atom stereocenters. The highest BCUT2D eigenvalue weighted by Gasteiger charge is 2.09. The van der Waals surface area contributed by atoms with Gasteiger partial charge in [-0.2, -0.15) is 5.26 Å². The van der Waals surface area contributed by atoms with Gasteiger partial charge in [0, 0.05) is 4.88 Å². The number of benzene rings is 1. The van der Waals surface area contributed by atoms with Gasteiger partial charge in [0.1, 0.15) is 6.61 Å². The normalized spacial score (nSPS) is 10.1. The number of thiophene rings is 1. The molecule has 0 spiro atoms. The topological polar surface area (TPSA) is 59.0 Å². The molecule has 0 aliphatic carbocycles. The van der Waals surface area contributed by atoms with Crippen molar-refractivity contribution in [3.05, 3.63) is 42.6 Å². The number of hydrogen-bond donors (Lipinski definition) is 1. The van der Waals surface area contributed by atoms with Crippen LogP contribution < -0.4 is 10.5 Å². The van der Waals surface area contributed by atoms with E-state index in [-0.39, 0.29) is 0 Å². The van der Waals surface area contributed by atoms with Crippen LogP contribution in [0.15, 0.2) is 24.3 Å². The van der Waals surface area contributed by atoms with Crippen LogP contribution in [0.25, 0.3) is 0 Å². The summed E-state index contributed by atoms with van der Waals surface area (Å²) in [6, 6.07) is 9.16. The Morgan fingerprint density at radius 2 is 2.22 bits per heavy atom. The third kappa shape index (κ3) is 3.07.